The number of hydrogen-bond donors (Lipinski definition) is 1. The summed E-state index contributed by atoms with van der Waals surface area (Å²) in [6.45, 7) is 8.72. The molecule has 1 N–H and O–H groups in total. The van der Waals surface area contributed by atoms with Crippen LogP contribution < -0.4 is 4.52 Å². The fourth-order valence-electron chi connectivity index (χ4n) is 4.97. The Morgan fingerprint density at radius 3 is 2.00 bits per heavy atom. The summed E-state index contributed by atoms with van der Waals surface area (Å²) in [6, 6.07) is 7.21. The van der Waals surface area contributed by atoms with Crippen molar-refractivity contribution < 1.29 is 28.0 Å². The van der Waals surface area contributed by atoms with E-state index in [1.807, 2.05) is 36.1 Å². The van der Waals surface area contributed by atoms with Crippen LogP contribution >= 0.6 is 7.82 Å². The lowest BCUT2D eigenvalue weighted by Gasteiger charge is -2.22. The molecule has 9 heteroatoms. The van der Waals surface area contributed by atoms with Crippen LogP contribution in [0.1, 0.15) is 116 Å². The average Bonchev–Trinajstić information content (AvgIpc) is 3.42. The predicted octanol–water partition coefficient (Wildman–Crippen LogP) is 8.81. The van der Waals surface area contributed by atoms with Crippen molar-refractivity contribution in [2.75, 3.05) is 33.5 Å². The van der Waals surface area contributed by atoms with Crippen LogP contribution in [0.25, 0.3) is 0 Å². The van der Waals surface area contributed by atoms with Crippen molar-refractivity contribution in [2.24, 2.45) is 0 Å². The van der Waals surface area contributed by atoms with Gasteiger partial charge in [-0.05, 0) is 18.9 Å². The van der Waals surface area contributed by atoms with Crippen LogP contribution in [0, 0.1) is 6.67 Å². The molecule has 1 aromatic rings. The van der Waals surface area contributed by atoms with Gasteiger partial charge in [-0.2, -0.15) is 0 Å². The molecule has 1 aliphatic heterocycles. The van der Waals surface area contributed by atoms with E-state index < -0.39 is 13.9 Å². The number of para-hydroxylation sites is 1. The number of hydrogen-bond acceptors (Lipinski definition) is 7. The van der Waals surface area contributed by atoms with Gasteiger partial charge in [-0.25, -0.2) is 4.57 Å². The number of unbranched alkanes of at least 4 members (excludes halogenated alkanes) is 13. The minimum Gasteiger partial charge on any atom is -0.404 e. The largest absolute Gasteiger partial charge is 0.527 e. The molecule has 1 radical (unpaired) electrons. The molecule has 1 aromatic carbocycles. The van der Waals surface area contributed by atoms with E-state index in [4.69, 9.17) is 18.5 Å². The maximum Gasteiger partial charge on any atom is 0.527 e. The smallest absolute Gasteiger partial charge is 0.404 e. The number of ether oxygens (including phenoxy) is 2. The molecule has 0 saturated carbocycles. The number of nitrogens with zero attached hydrogens (tertiary/aromatic N) is 2. The summed E-state index contributed by atoms with van der Waals surface area (Å²) in [7, 11) is -2.80. The molecule has 0 amide bonds. The monoisotopic (exact) mass is 609 g/mol. The van der Waals surface area contributed by atoms with Gasteiger partial charge in [0, 0.05) is 44.8 Å². The zero-order valence-electron chi connectivity index (χ0n) is 26.6. The Morgan fingerprint density at radius 1 is 0.786 bits per heavy atom. The SMILES string of the molecule is CCCCCCCCCCCCCCCCOCC(COP(=O)(O)Oc1ccccc1CN1[CH]N(CCC)C=C1)OC. The summed E-state index contributed by atoms with van der Waals surface area (Å²) >= 11 is 0. The van der Waals surface area contributed by atoms with Gasteiger partial charge in [-0.3, -0.25) is 9.42 Å². The third kappa shape index (κ3) is 16.9. The van der Waals surface area contributed by atoms with Crippen molar-refractivity contribution in [2.45, 2.75) is 123 Å². The van der Waals surface area contributed by atoms with Crippen LogP contribution in [0.2, 0.25) is 0 Å². The van der Waals surface area contributed by atoms with Crippen LogP contribution in [0.15, 0.2) is 36.7 Å². The zero-order valence-corrected chi connectivity index (χ0v) is 27.5. The number of phosphoric acid groups is 1. The highest BCUT2D eigenvalue weighted by atomic mass is 31.2. The number of rotatable bonds is 27. The van der Waals surface area contributed by atoms with Gasteiger partial charge in [0.1, 0.15) is 18.5 Å². The van der Waals surface area contributed by atoms with E-state index in [2.05, 4.69) is 18.7 Å². The molecular formula is C33H58N2O6P. The second-order valence-corrected chi connectivity index (χ2v) is 12.7. The topological polar surface area (TPSA) is 80.7 Å². The van der Waals surface area contributed by atoms with Gasteiger partial charge in [0.25, 0.3) is 0 Å². The average molecular weight is 610 g/mol. The number of methoxy groups -OCH3 is 1. The number of phosphoric ester groups is 1. The van der Waals surface area contributed by atoms with Crippen LogP contribution in [-0.4, -0.2) is 54.3 Å². The van der Waals surface area contributed by atoms with Gasteiger partial charge in [-0.1, -0.05) is 116 Å². The molecule has 8 nitrogen and oxygen atoms in total. The molecule has 2 unspecified atom stereocenters. The second kappa shape index (κ2) is 22.9. The molecular weight excluding hydrogens is 551 g/mol. The molecule has 1 aliphatic rings. The molecule has 2 rings (SSSR count). The fraction of sp³-hybridized carbons (Fsp3) is 0.727. The summed E-state index contributed by atoms with van der Waals surface area (Å²) in [5, 5.41) is 0. The molecule has 0 saturated heterocycles. The maximum absolute atomic E-state index is 12.7. The van der Waals surface area contributed by atoms with Gasteiger partial charge < -0.3 is 23.8 Å². The van der Waals surface area contributed by atoms with Crippen molar-refractivity contribution in [1.82, 2.24) is 9.80 Å². The first kappa shape index (κ1) is 36.6. The third-order valence-electron chi connectivity index (χ3n) is 7.47. The lowest BCUT2D eigenvalue weighted by atomic mass is 10.0. The minimum absolute atomic E-state index is 0.0974. The lowest BCUT2D eigenvalue weighted by molar-refractivity contribution is -0.0197. The maximum atomic E-state index is 12.7. The van der Waals surface area contributed by atoms with Gasteiger partial charge in [0.2, 0.25) is 0 Å². The Hall–Kier alpha value is -1.57. The van der Waals surface area contributed by atoms with Crippen LogP contribution in [-0.2, 0) is 25.1 Å². The van der Waals surface area contributed by atoms with Crippen molar-refractivity contribution >= 4 is 7.82 Å². The standard InChI is InChI=1S/C33H58N2O6P/c1-4-6-7-8-9-10-11-12-13-14-15-16-17-20-26-39-28-32(38-3)29-40-42(36,37)41-33-22-19-18-21-31(33)27-35-25-24-34(30-35)23-5-2/h18-19,21-22,24-25,30,32H,4-17,20,23,26-29H2,1-3H3,(H,36,37). The molecule has 2 atom stereocenters. The minimum atomic E-state index is -4.34. The van der Waals surface area contributed by atoms with Crippen molar-refractivity contribution in [3.63, 3.8) is 0 Å². The number of benzene rings is 1. The molecule has 241 valence electrons. The molecule has 1 heterocycles. The third-order valence-corrected chi connectivity index (χ3v) is 8.37. The Bertz CT molecular complexity index is 886. The van der Waals surface area contributed by atoms with Gasteiger partial charge in [-0.15, -0.1) is 0 Å². The Balaban J connectivity index is 1.54. The molecule has 0 fully saturated rings. The summed E-state index contributed by atoms with van der Waals surface area (Å²) in [6.07, 6.45) is 23.1. The highest BCUT2D eigenvalue weighted by Crippen LogP contribution is 2.45. The first-order valence-corrected chi connectivity index (χ1v) is 17.9. The first-order valence-electron chi connectivity index (χ1n) is 16.4. The van der Waals surface area contributed by atoms with E-state index in [0.717, 1.165) is 31.4 Å². The summed E-state index contributed by atoms with van der Waals surface area (Å²) in [4.78, 5) is 14.5. The Morgan fingerprint density at radius 2 is 1.38 bits per heavy atom. The predicted molar refractivity (Wildman–Crippen MR) is 171 cm³/mol. The summed E-state index contributed by atoms with van der Waals surface area (Å²) < 4.78 is 34.6. The van der Waals surface area contributed by atoms with Gasteiger partial charge >= 0.3 is 7.82 Å². The van der Waals surface area contributed by atoms with E-state index >= 15 is 0 Å². The second-order valence-electron chi connectivity index (χ2n) is 11.3. The molecule has 42 heavy (non-hydrogen) atoms. The molecule has 0 aromatic heterocycles. The molecule has 0 aliphatic carbocycles. The normalized spacial score (nSPS) is 15.3. The van der Waals surface area contributed by atoms with Crippen LogP contribution in [0.5, 0.6) is 5.75 Å². The lowest BCUT2D eigenvalue weighted by Crippen LogP contribution is -2.24. The Labute approximate surface area is 256 Å². The van der Waals surface area contributed by atoms with E-state index in [9.17, 15) is 9.46 Å². The first-order chi connectivity index (χ1) is 20.5. The van der Waals surface area contributed by atoms with E-state index in [1.165, 1.54) is 77.0 Å². The van der Waals surface area contributed by atoms with Crippen molar-refractivity contribution in [1.29, 1.82) is 0 Å². The summed E-state index contributed by atoms with van der Waals surface area (Å²) in [5.41, 5.74) is 0.786. The van der Waals surface area contributed by atoms with Crippen molar-refractivity contribution in [3.8, 4) is 5.75 Å². The van der Waals surface area contributed by atoms with Crippen LogP contribution in [0.3, 0.4) is 0 Å². The quantitative estimate of drug-likeness (QED) is 0.0783. The van der Waals surface area contributed by atoms with Crippen molar-refractivity contribution in [3.05, 3.63) is 48.9 Å². The van der Waals surface area contributed by atoms with E-state index in [1.54, 1.807) is 19.2 Å². The zero-order chi connectivity index (χ0) is 30.3. The summed E-state index contributed by atoms with van der Waals surface area (Å²) in [5.74, 6) is 0.321. The van der Waals surface area contributed by atoms with Gasteiger partial charge in [0.15, 0.2) is 0 Å². The fourth-order valence-corrected chi connectivity index (χ4v) is 5.80. The molecule has 0 bridgehead atoms. The van der Waals surface area contributed by atoms with E-state index in [0.29, 0.717) is 25.5 Å². The highest BCUT2D eigenvalue weighted by molar-refractivity contribution is 7.47. The highest BCUT2D eigenvalue weighted by Gasteiger charge is 2.27. The van der Waals surface area contributed by atoms with Gasteiger partial charge in [0.05, 0.1) is 13.2 Å². The molecule has 0 spiro atoms. The van der Waals surface area contributed by atoms with E-state index in [-0.39, 0.29) is 6.61 Å². The van der Waals surface area contributed by atoms with Crippen LogP contribution in [0.4, 0.5) is 0 Å². The Kier molecular flexibility index (Phi) is 20.0.